The van der Waals surface area contributed by atoms with Crippen LogP contribution in [0.4, 0.5) is 4.39 Å². The van der Waals surface area contributed by atoms with Gasteiger partial charge in [-0.15, -0.1) is 0 Å². The Hall–Kier alpha value is -0.600. The summed E-state index contributed by atoms with van der Waals surface area (Å²) in [5.41, 5.74) is 0.720. The van der Waals surface area contributed by atoms with E-state index in [1.165, 1.54) is 6.07 Å². The second-order valence-electron chi connectivity index (χ2n) is 3.24. The Morgan fingerprint density at radius 2 is 2.14 bits per heavy atom. The summed E-state index contributed by atoms with van der Waals surface area (Å²) in [6.45, 7) is 3.90. The zero-order valence-electron chi connectivity index (χ0n) is 8.32. The molecule has 0 aliphatic carbocycles. The molecule has 0 fully saturated rings. The van der Waals surface area contributed by atoms with E-state index in [2.05, 4.69) is 12.2 Å². The maximum atomic E-state index is 13.2. The molecule has 0 heterocycles. The van der Waals surface area contributed by atoms with Crippen LogP contribution in [-0.2, 0) is 6.42 Å². The number of rotatable bonds is 5. The molecule has 14 heavy (non-hydrogen) atoms. The van der Waals surface area contributed by atoms with Gasteiger partial charge >= 0.3 is 0 Å². The summed E-state index contributed by atoms with van der Waals surface area (Å²) in [6.07, 6.45) is 1.81. The van der Waals surface area contributed by atoms with Gasteiger partial charge in [0.25, 0.3) is 0 Å². The van der Waals surface area contributed by atoms with Crippen molar-refractivity contribution in [2.45, 2.75) is 19.8 Å². The van der Waals surface area contributed by atoms with Gasteiger partial charge in [-0.2, -0.15) is 0 Å². The summed E-state index contributed by atoms with van der Waals surface area (Å²) in [5, 5.41) is 3.68. The third kappa shape index (κ3) is 3.64. The summed E-state index contributed by atoms with van der Waals surface area (Å²) in [4.78, 5) is 0. The van der Waals surface area contributed by atoms with Crippen LogP contribution in [0.3, 0.4) is 0 Å². The number of halogens is 2. The third-order valence-corrected chi connectivity index (χ3v) is 2.25. The Labute approximate surface area is 89.3 Å². The third-order valence-electron chi connectivity index (χ3n) is 2.01. The lowest BCUT2D eigenvalue weighted by molar-refractivity contribution is 0.597. The zero-order valence-corrected chi connectivity index (χ0v) is 9.07. The van der Waals surface area contributed by atoms with Gasteiger partial charge in [-0.3, -0.25) is 0 Å². The molecule has 1 aromatic rings. The first kappa shape index (κ1) is 11.5. The number of nitrogens with one attached hydrogen (secondary N) is 1. The monoisotopic (exact) mass is 215 g/mol. The van der Waals surface area contributed by atoms with Gasteiger partial charge in [-0.25, -0.2) is 4.39 Å². The van der Waals surface area contributed by atoms with E-state index in [0.29, 0.717) is 11.4 Å². The van der Waals surface area contributed by atoms with Gasteiger partial charge in [0, 0.05) is 5.02 Å². The minimum absolute atomic E-state index is 0.212. The standard InChI is InChI=1S/C11H15ClFN/c1-2-6-14-7-5-9-3-4-10(12)8-11(9)13/h3-4,8,14H,2,5-7H2,1H3. The Kier molecular flexibility index (Phi) is 4.91. The lowest BCUT2D eigenvalue weighted by Gasteiger charge is -2.04. The maximum absolute atomic E-state index is 13.2. The van der Waals surface area contributed by atoms with E-state index < -0.39 is 0 Å². The fraction of sp³-hybridized carbons (Fsp3) is 0.455. The van der Waals surface area contributed by atoms with Crippen LogP contribution in [0.5, 0.6) is 0 Å². The molecule has 1 nitrogen and oxygen atoms in total. The van der Waals surface area contributed by atoms with Gasteiger partial charge < -0.3 is 5.32 Å². The molecule has 0 saturated heterocycles. The molecule has 1 aromatic carbocycles. The van der Waals surface area contributed by atoms with Crippen molar-refractivity contribution < 1.29 is 4.39 Å². The van der Waals surface area contributed by atoms with E-state index in [9.17, 15) is 4.39 Å². The van der Waals surface area contributed by atoms with Crippen molar-refractivity contribution in [2.75, 3.05) is 13.1 Å². The largest absolute Gasteiger partial charge is 0.316 e. The molecule has 0 atom stereocenters. The van der Waals surface area contributed by atoms with Crippen molar-refractivity contribution in [3.63, 3.8) is 0 Å². The molecule has 0 radical (unpaired) electrons. The number of benzene rings is 1. The first-order chi connectivity index (χ1) is 6.74. The predicted molar refractivity (Wildman–Crippen MR) is 58.3 cm³/mol. The second-order valence-corrected chi connectivity index (χ2v) is 3.67. The van der Waals surface area contributed by atoms with Crippen molar-refractivity contribution in [3.8, 4) is 0 Å². The highest BCUT2D eigenvalue weighted by Gasteiger charge is 2.01. The van der Waals surface area contributed by atoms with Crippen molar-refractivity contribution >= 4 is 11.6 Å². The fourth-order valence-corrected chi connectivity index (χ4v) is 1.41. The summed E-state index contributed by atoms with van der Waals surface area (Å²) >= 11 is 5.65. The Morgan fingerprint density at radius 3 is 2.79 bits per heavy atom. The predicted octanol–water partition coefficient (Wildman–Crippen LogP) is 3.02. The van der Waals surface area contributed by atoms with Crippen LogP contribution >= 0.6 is 11.6 Å². The van der Waals surface area contributed by atoms with E-state index in [4.69, 9.17) is 11.6 Å². The highest BCUT2D eigenvalue weighted by atomic mass is 35.5. The van der Waals surface area contributed by atoms with Gasteiger partial charge in [0.05, 0.1) is 0 Å². The molecular weight excluding hydrogens is 201 g/mol. The highest BCUT2D eigenvalue weighted by molar-refractivity contribution is 6.30. The van der Waals surface area contributed by atoms with E-state index in [1.54, 1.807) is 12.1 Å². The molecule has 1 N–H and O–H groups in total. The van der Waals surface area contributed by atoms with Crippen LogP contribution in [0.1, 0.15) is 18.9 Å². The molecule has 0 bridgehead atoms. The smallest absolute Gasteiger partial charge is 0.127 e. The molecule has 0 spiro atoms. The molecular formula is C11H15ClFN. The average Bonchev–Trinajstić information content (AvgIpc) is 2.15. The Balaban J connectivity index is 2.42. The van der Waals surface area contributed by atoms with E-state index in [1.807, 2.05) is 0 Å². The van der Waals surface area contributed by atoms with Gasteiger partial charge in [-0.1, -0.05) is 24.6 Å². The van der Waals surface area contributed by atoms with Crippen LogP contribution in [-0.4, -0.2) is 13.1 Å². The zero-order chi connectivity index (χ0) is 10.4. The topological polar surface area (TPSA) is 12.0 Å². The summed E-state index contributed by atoms with van der Waals surface area (Å²) in [6, 6.07) is 4.82. The fourth-order valence-electron chi connectivity index (χ4n) is 1.25. The summed E-state index contributed by atoms with van der Waals surface area (Å²) in [5.74, 6) is -0.212. The van der Waals surface area contributed by atoms with Crippen LogP contribution in [0.2, 0.25) is 5.02 Å². The molecule has 0 amide bonds. The van der Waals surface area contributed by atoms with Crippen LogP contribution in [0.25, 0.3) is 0 Å². The SMILES string of the molecule is CCCNCCc1ccc(Cl)cc1F. The first-order valence-electron chi connectivity index (χ1n) is 4.88. The molecule has 78 valence electrons. The average molecular weight is 216 g/mol. The molecule has 1 rings (SSSR count). The van der Waals surface area contributed by atoms with E-state index in [-0.39, 0.29) is 5.82 Å². The van der Waals surface area contributed by atoms with Gasteiger partial charge in [0.15, 0.2) is 0 Å². The second kappa shape index (κ2) is 5.99. The van der Waals surface area contributed by atoms with Crippen molar-refractivity contribution in [1.29, 1.82) is 0 Å². The van der Waals surface area contributed by atoms with E-state index >= 15 is 0 Å². The molecule has 3 heteroatoms. The highest BCUT2D eigenvalue weighted by Crippen LogP contribution is 2.14. The first-order valence-corrected chi connectivity index (χ1v) is 5.26. The van der Waals surface area contributed by atoms with Gasteiger partial charge in [0.1, 0.15) is 5.82 Å². The van der Waals surface area contributed by atoms with Crippen LogP contribution in [0.15, 0.2) is 18.2 Å². The number of hydrogen-bond donors (Lipinski definition) is 1. The quantitative estimate of drug-likeness (QED) is 0.745. The summed E-state index contributed by atoms with van der Waals surface area (Å²) < 4.78 is 13.2. The molecule has 0 aliphatic heterocycles. The van der Waals surface area contributed by atoms with Crippen LogP contribution < -0.4 is 5.32 Å². The van der Waals surface area contributed by atoms with Crippen molar-refractivity contribution in [3.05, 3.63) is 34.6 Å². The molecule has 0 unspecified atom stereocenters. The van der Waals surface area contributed by atoms with Gasteiger partial charge in [0.2, 0.25) is 0 Å². The Bertz CT molecular complexity index is 289. The molecule has 0 aliphatic rings. The number of hydrogen-bond acceptors (Lipinski definition) is 1. The Morgan fingerprint density at radius 1 is 1.36 bits per heavy atom. The van der Waals surface area contributed by atoms with Crippen molar-refractivity contribution in [1.82, 2.24) is 5.32 Å². The molecule has 0 aromatic heterocycles. The van der Waals surface area contributed by atoms with Gasteiger partial charge in [-0.05, 0) is 43.6 Å². The van der Waals surface area contributed by atoms with E-state index in [0.717, 1.165) is 25.1 Å². The minimum Gasteiger partial charge on any atom is -0.316 e. The summed E-state index contributed by atoms with van der Waals surface area (Å²) in [7, 11) is 0. The van der Waals surface area contributed by atoms with Crippen LogP contribution in [0, 0.1) is 5.82 Å². The normalized spacial score (nSPS) is 10.5. The molecule has 0 saturated carbocycles. The lowest BCUT2D eigenvalue weighted by atomic mass is 10.1. The van der Waals surface area contributed by atoms with Crippen molar-refractivity contribution in [2.24, 2.45) is 0 Å². The maximum Gasteiger partial charge on any atom is 0.127 e. The lowest BCUT2D eigenvalue weighted by Crippen LogP contribution is -2.18. The minimum atomic E-state index is -0.212.